The number of aliphatic hydroxyl groups is 1. The second-order valence-electron chi connectivity index (χ2n) is 4.43. The zero-order valence-electron chi connectivity index (χ0n) is 10.9. The molecule has 4 nitrogen and oxygen atoms in total. The summed E-state index contributed by atoms with van der Waals surface area (Å²) in [6.45, 7) is -0.135. The molecule has 0 radical (unpaired) electrons. The molecule has 0 heterocycles. The van der Waals surface area contributed by atoms with Crippen molar-refractivity contribution in [3.63, 3.8) is 0 Å². The van der Waals surface area contributed by atoms with Gasteiger partial charge in [0.05, 0.1) is 6.61 Å². The fourth-order valence-electron chi connectivity index (χ4n) is 1.83. The van der Waals surface area contributed by atoms with Crippen LogP contribution in [0.3, 0.4) is 0 Å². The van der Waals surface area contributed by atoms with Crippen LogP contribution in [0.1, 0.15) is 5.56 Å². The first-order chi connectivity index (χ1) is 9.69. The maximum Gasteiger partial charge on any atom is 0.220 e. The van der Waals surface area contributed by atoms with Crippen molar-refractivity contribution in [2.45, 2.75) is 12.5 Å². The first kappa shape index (κ1) is 14.1. The van der Waals surface area contributed by atoms with Gasteiger partial charge in [0.25, 0.3) is 0 Å². The lowest BCUT2D eigenvalue weighted by molar-refractivity contribution is 0.116. The molecule has 0 aliphatic heterocycles. The molecule has 4 heteroatoms. The fraction of sp³-hybridized carbons (Fsp3) is 0.188. The lowest BCUT2D eigenvalue weighted by Crippen LogP contribution is -2.23. The molecule has 0 amide bonds. The van der Waals surface area contributed by atoms with E-state index in [1.165, 1.54) is 24.3 Å². The van der Waals surface area contributed by atoms with E-state index in [-0.39, 0.29) is 12.4 Å². The highest BCUT2D eigenvalue weighted by Gasteiger charge is 2.10. The van der Waals surface area contributed by atoms with Crippen molar-refractivity contribution in [3.8, 4) is 11.5 Å². The van der Waals surface area contributed by atoms with E-state index in [4.69, 9.17) is 4.74 Å². The Bertz CT molecular complexity index is 610. The van der Waals surface area contributed by atoms with E-state index in [1.807, 2.05) is 30.3 Å². The van der Waals surface area contributed by atoms with Crippen molar-refractivity contribution in [1.29, 1.82) is 0 Å². The van der Waals surface area contributed by atoms with Crippen LogP contribution in [0.5, 0.6) is 11.5 Å². The summed E-state index contributed by atoms with van der Waals surface area (Å²) in [6, 6.07) is 15.2. The van der Waals surface area contributed by atoms with Crippen LogP contribution in [-0.2, 0) is 6.42 Å². The minimum atomic E-state index is -0.469. The van der Waals surface area contributed by atoms with Crippen LogP contribution in [0.2, 0.25) is 0 Å². The maximum atomic E-state index is 11.3. The molecule has 1 unspecified atom stereocenters. The molecule has 2 rings (SSSR count). The standard InChI is InChI=1S/C16H16O4/c17-11-14(10-12-4-2-1-3-5-12)20-13-6-8-15(18)16(19)9-7-13/h1-9,14,17H,10-11H2,(H,18,19). The van der Waals surface area contributed by atoms with Crippen molar-refractivity contribution in [2.75, 3.05) is 6.61 Å². The number of hydrogen-bond acceptors (Lipinski definition) is 4. The number of rotatable bonds is 5. The molecule has 2 aromatic carbocycles. The van der Waals surface area contributed by atoms with Gasteiger partial charge < -0.3 is 14.9 Å². The van der Waals surface area contributed by atoms with Crippen LogP contribution in [0.4, 0.5) is 0 Å². The summed E-state index contributed by atoms with van der Waals surface area (Å²) in [5.74, 6) is 0.0980. The molecule has 0 aliphatic rings. The Morgan fingerprint density at radius 1 is 1.00 bits per heavy atom. The molecule has 1 atom stereocenters. The number of aliphatic hydroxyl groups excluding tert-OH is 1. The molecular formula is C16H16O4. The number of aromatic hydroxyl groups is 1. The van der Waals surface area contributed by atoms with Gasteiger partial charge in [0.2, 0.25) is 5.43 Å². The Balaban J connectivity index is 2.11. The highest BCUT2D eigenvalue weighted by Crippen LogP contribution is 2.14. The van der Waals surface area contributed by atoms with Crippen molar-refractivity contribution in [1.82, 2.24) is 0 Å². The molecule has 20 heavy (non-hydrogen) atoms. The van der Waals surface area contributed by atoms with Gasteiger partial charge in [-0.1, -0.05) is 30.3 Å². The minimum Gasteiger partial charge on any atom is -0.504 e. The molecule has 0 aliphatic carbocycles. The summed E-state index contributed by atoms with van der Waals surface area (Å²) in [7, 11) is 0. The molecular weight excluding hydrogens is 256 g/mol. The highest BCUT2D eigenvalue weighted by atomic mass is 16.5. The normalized spacial score (nSPS) is 11.8. The van der Waals surface area contributed by atoms with Crippen molar-refractivity contribution in [3.05, 3.63) is 70.4 Å². The Labute approximate surface area is 116 Å². The summed E-state index contributed by atoms with van der Waals surface area (Å²) >= 11 is 0. The average Bonchev–Trinajstić information content (AvgIpc) is 2.63. The van der Waals surface area contributed by atoms with Gasteiger partial charge in [0.1, 0.15) is 11.9 Å². The molecule has 2 N–H and O–H groups in total. The van der Waals surface area contributed by atoms with E-state index in [9.17, 15) is 15.0 Å². The molecule has 0 aromatic heterocycles. The molecule has 0 fully saturated rings. The zero-order valence-corrected chi connectivity index (χ0v) is 10.9. The first-order valence-electron chi connectivity index (χ1n) is 6.34. The highest BCUT2D eigenvalue weighted by molar-refractivity contribution is 5.28. The van der Waals surface area contributed by atoms with Crippen molar-refractivity contribution in [2.24, 2.45) is 0 Å². The summed E-state index contributed by atoms with van der Waals surface area (Å²) in [4.78, 5) is 11.3. The van der Waals surface area contributed by atoms with Gasteiger partial charge in [-0.2, -0.15) is 0 Å². The minimum absolute atomic E-state index is 0.135. The van der Waals surface area contributed by atoms with Crippen molar-refractivity contribution < 1.29 is 14.9 Å². The molecule has 0 spiro atoms. The monoisotopic (exact) mass is 272 g/mol. The smallest absolute Gasteiger partial charge is 0.220 e. The van der Waals surface area contributed by atoms with Gasteiger partial charge in [-0.25, -0.2) is 0 Å². The average molecular weight is 272 g/mol. The predicted molar refractivity (Wildman–Crippen MR) is 76.0 cm³/mol. The fourth-order valence-corrected chi connectivity index (χ4v) is 1.83. The van der Waals surface area contributed by atoms with E-state index in [2.05, 4.69) is 0 Å². The second kappa shape index (κ2) is 6.73. The largest absolute Gasteiger partial charge is 0.504 e. The van der Waals surface area contributed by atoms with E-state index in [0.29, 0.717) is 12.2 Å². The van der Waals surface area contributed by atoms with Crippen LogP contribution in [0.25, 0.3) is 0 Å². The Morgan fingerprint density at radius 2 is 1.70 bits per heavy atom. The molecule has 2 aromatic rings. The van der Waals surface area contributed by atoms with Crippen LogP contribution in [0.15, 0.2) is 59.4 Å². The van der Waals surface area contributed by atoms with Gasteiger partial charge >= 0.3 is 0 Å². The topological polar surface area (TPSA) is 66.8 Å². The Kier molecular flexibility index (Phi) is 4.74. The van der Waals surface area contributed by atoms with Crippen molar-refractivity contribution >= 4 is 0 Å². The molecule has 0 saturated carbocycles. The van der Waals surface area contributed by atoms with E-state index < -0.39 is 11.5 Å². The predicted octanol–water partition coefficient (Wildman–Crippen LogP) is 1.73. The lowest BCUT2D eigenvalue weighted by atomic mass is 10.1. The van der Waals surface area contributed by atoms with Gasteiger partial charge in [-0.15, -0.1) is 0 Å². The summed E-state index contributed by atoms with van der Waals surface area (Å²) in [6.07, 6.45) is 0.156. The lowest BCUT2D eigenvalue weighted by Gasteiger charge is -2.16. The van der Waals surface area contributed by atoms with Crippen LogP contribution >= 0.6 is 0 Å². The van der Waals surface area contributed by atoms with E-state index >= 15 is 0 Å². The summed E-state index contributed by atoms with van der Waals surface area (Å²) in [5, 5.41) is 18.7. The molecule has 104 valence electrons. The van der Waals surface area contributed by atoms with Gasteiger partial charge in [0.15, 0.2) is 5.75 Å². The van der Waals surface area contributed by atoms with Crippen LogP contribution in [0, 0.1) is 0 Å². The summed E-state index contributed by atoms with van der Waals surface area (Å²) in [5.41, 5.74) is 0.586. The molecule has 0 bridgehead atoms. The SMILES string of the molecule is O=c1ccc(OC(CO)Cc2ccccc2)ccc1O. The Hall–Kier alpha value is -2.33. The quantitative estimate of drug-likeness (QED) is 0.870. The second-order valence-corrected chi connectivity index (χ2v) is 4.43. The number of ether oxygens (including phenoxy) is 1. The number of benzene rings is 1. The third-order valence-corrected chi connectivity index (χ3v) is 2.87. The van der Waals surface area contributed by atoms with Gasteiger partial charge in [-0.3, -0.25) is 4.79 Å². The van der Waals surface area contributed by atoms with Gasteiger partial charge in [0, 0.05) is 6.42 Å². The van der Waals surface area contributed by atoms with E-state index in [0.717, 1.165) is 5.56 Å². The number of hydrogen-bond donors (Lipinski definition) is 2. The van der Waals surface area contributed by atoms with Gasteiger partial charge in [-0.05, 0) is 29.8 Å². The third kappa shape index (κ3) is 3.83. The Morgan fingerprint density at radius 3 is 2.40 bits per heavy atom. The summed E-state index contributed by atoms with van der Waals surface area (Å²) < 4.78 is 5.64. The zero-order chi connectivity index (χ0) is 14.4. The first-order valence-corrected chi connectivity index (χ1v) is 6.34. The maximum absolute atomic E-state index is 11.3. The third-order valence-electron chi connectivity index (χ3n) is 2.87. The van der Waals surface area contributed by atoms with Crippen LogP contribution < -0.4 is 10.2 Å². The molecule has 0 saturated heterocycles. The van der Waals surface area contributed by atoms with E-state index in [1.54, 1.807) is 0 Å². The van der Waals surface area contributed by atoms with Crippen LogP contribution in [-0.4, -0.2) is 22.9 Å².